The summed E-state index contributed by atoms with van der Waals surface area (Å²) in [5.74, 6) is 0.475. The van der Waals surface area contributed by atoms with Crippen LogP contribution in [0.25, 0.3) is 77.4 Å². The minimum Gasteiger partial charge on any atom is -0.456 e. The van der Waals surface area contributed by atoms with Gasteiger partial charge in [-0.2, -0.15) is 9.97 Å². The summed E-state index contributed by atoms with van der Waals surface area (Å²) in [6.07, 6.45) is 0. The van der Waals surface area contributed by atoms with Gasteiger partial charge < -0.3 is 4.42 Å². The van der Waals surface area contributed by atoms with Crippen molar-refractivity contribution in [2.75, 3.05) is 4.90 Å². The largest absolute Gasteiger partial charge is 0.456 e. The molecule has 0 bridgehead atoms. The van der Waals surface area contributed by atoms with Crippen LogP contribution in [0.1, 0.15) is 6.85 Å². The van der Waals surface area contributed by atoms with Gasteiger partial charge in [0.05, 0.1) is 18.2 Å². The van der Waals surface area contributed by atoms with Gasteiger partial charge in [0.25, 0.3) is 0 Å². The summed E-state index contributed by atoms with van der Waals surface area (Å²) in [7, 11) is 0. The van der Waals surface area contributed by atoms with Gasteiger partial charge in [0.15, 0.2) is 11.6 Å². The highest BCUT2D eigenvalue weighted by Crippen LogP contribution is 2.51. The van der Waals surface area contributed by atoms with Crippen LogP contribution in [0.5, 0.6) is 0 Å². The van der Waals surface area contributed by atoms with Crippen LogP contribution in [0.15, 0.2) is 150 Å². The molecule has 0 atom stereocenters. The van der Waals surface area contributed by atoms with Gasteiger partial charge in [0.1, 0.15) is 11.2 Å². The van der Waals surface area contributed by atoms with Gasteiger partial charge in [-0.15, -0.1) is 0 Å². The zero-order chi connectivity index (χ0) is 34.5. The molecule has 0 unspecified atom stereocenters. The molecular weight excluding hydrogens is 564 g/mol. The van der Waals surface area contributed by atoms with Crippen LogP contribution in [-0.2, 0) is 0 Å². The molecule has 0 radical (unpaired) electrons. The number of rotatable bonds is 3. The number of para-hydroxylation sites is 1. The highest BCUT2D eigenvalue weighted by atomic mass is 16.3. The number of aromatic nitrogens is 3. The van der Waals surface area contributed by atoms with Crippen molar-refractivity contribution < 1.29 is 11.3 Å². The van der Waals surface area contributed by atoms with Gasteiger partial charge in [0.2, 0.25) is 5.95 Å². The Balaban J connectivity index is 1.34. The lowest BCUT2D eigenvalue weighted by Crippen LogP contribution is -2.19. The minimum atomic E-state index is -0.488. The third-order valence-electron chi connectivity index (χ3n) is 8.71. The molecule has 0 fully saturated rings. The maximum atomic E-state index is 8.87. The third-order valence-corrected chi connectivity index (χ3v) is 8.71. The minimum absolute atomic E-state index is 0.0369. The lowest BCUT2D eigenvalue weighted by Gasteiger charge is -2.32. The van der Waals surface area contributed by atoms with E-state index in [1.54, 1.807) is 0 Å². The molecule has 214 valence electrons. The SMILES string of the molecule is [2H]c1c([2H])c([2H])c(-c2nc(-c3cccc4oc5ccccc5c34)nc(N3c4cc5ccccc5cc4-c4cccc5cccc3c45)n2)c([2H])c1[2H]. The molecule has 0 aliphatic carbocycles. The summed E-state index contributed by atoms with van der Waals surface area (Å²) in [6, 6.07) is 36.0. The molecule has 5 nitrogen and oxygen atoms in total. The topological polar surface area (TPSA) is 55.1 Å². The van der Waals surface area contributed by atoms with Crippen molar-refractivity contribution in [2.45, 2.75) is 0 Å². The van der Waals surface area contributed by atoms with Crippen LogP contribution < -0.4 is 4.90 Å². The lowest BCUT2D eigenvalue weighted by molar-refractivity contribution is 0.669. The summed E-state index contributed by atoms with van der Waals surface area (Å²) in [5, 5.41) is 5.86. The molecule has 3 heterocycles. The van der Waals surface area contributed by atoms with Crippen LogP contribution in [0.2, 0.25) is 0 Å². The maximum Gasteiger partial charge on any atom is 0.238 e. The van der Waals surface area contributed by atoms with Crippen molar-refractivity contribution in [3.05, 3.63) is 145 Å². The number of fused-ring (bicyclic) bond motifs is 6. The number of hydrogen-bond donors (Lipinski definition) is 0. The molecule has 7 aromatic carbocycles. The Morgan fingerprint density at radius 1 is 0.522 bits per heavy atom. The van der Waals surface area contributed by atoms with E-state index in [9.17, 15) is 0 Å². The lowest BCUT2D eigenvalue weighted by atomic mass is 9.90. The van der Waals surface area contributed by atoms with Gasteiger partial charge in [-0.1, -0.05) is 115 Å². The van der Waals surface area contributed by atoms with Crippen molar-refractivity contribution >= 4 is 60.8 Å². The molecule has 9 aromatic rings. The Hall–Kier alpha value is -6.33. The van der Waals surface area contributed by atoms with Crippen LogP contribution in [0.4, 0.5) is 17.3 Å². The fraction of sp³-hybridized carbons (Fsp3) is 0. The van der Waals surface area contributed by atoms with E-state index in [0.29, 0.717) is 16.7 Å². The van der Waals surface area contributed by atoms with E-state index < -0.39 is 30.2 Å². The molecule has 10 rings (SSSR count). The van der Waals surface area contributed by atoms with Crippen molar-refractivity contribution in [1.82, 2.24) is 15.0 Å². The standard InChI is InChI=1S/C41H24N4O/c1-2-11-26(12-3-1)39-42-40(31-19-10-22-36-38(31)30-17-6-7-21-35(30)46-36)44-41(43-39)45-33-20-9-16-25-15-8-18-29(37(25)33)32-23-27-13-4-5-14-28(27)24-34(32)45/h1-24H/i1D,2D,3D,11D,12D. The Morgan fingerprint density at radius 2 is 1.22 bits per heavy atom. The van der Waals surface area contributed by atoms with Gasteiger partial charge >= 0.3 is 0 Å². The monoisotopic (exact) mass is 593 g/mol. The Kier molecular flexibility index (Phi) is 4.29. The molecule has 1 aliphatic heterocycles. The molecule has 46 heavy (non-hydrogen) atoms. The van der Waals surface area contributed by atoms with E-state index >= 15 is 0 Å². The molecule has 0 N–H and O–H groups in total. The highest BCUT2D eigenvalue weighted by Gasteiger charge is 2.29. The first-order valence-electron chi connectivity index (χ1n) is 17.5. The van der Waals surface area contributed by atoms with Crippen molar-refractivity contribution in [1.29, 1.82) is 0 Å². The average molecular weight is 594 g/mol. The first-order valence-corrected chi connectivity index (χ1v) is 15.0. The number of nitrogens with zero attached hydrogens (tertiary/aromatic N) is 4. The highest BCUT2D eigenvalue weighted by molar-refractivity contribution is 6.15. The first kappa shape index (κ1) is 20.6. The van der Waals surface area contributed by atoms with Gasteiger partial charge in [0, 0.05) is 32.8 Å². The van der Waals surface area contributed by atoms with Crippen LogP contribution in [-0.4, -0.2) is 15.0 Å². The van der Waals surface area contributed by atoms with Gasteiger partial charge in [-0.3, -0.25) is 4.90 Å². The molecule has 0 amide bonds. The van der Waals surface area contributed by atoms with Crippen LogP contribution in [0.3, 0.4) is 0 Å². The third kappa shape index (κ3) is 3.66. The summed E-state index contributed by atoms with van der Waals surface area (Å²) in [5.41, 5.74) is 5.67. The van der Waals surface area contributed by atoms with E-state index in [0.717, 1.165) is 54.8 Å². The molecule has 2 aromatic heterocycles. The zero-order valence-electron chi connectivity index (χ0n) is 29.2. The second-order valence-electron chi connectivity index (χ2n) is 11.3. The zero-order valence-corrected chi connectivity index (χ0v) is 24.2. The van der Waals surface area contributed by atoms with E-state index in [2.05, 4.69) is 48.5 Å². The summed E-state index contributed by atoms with van der Waals surface area (Å²) >= 11 is 0. The number of anilines is 3. The van der Waals surface area contributed by atoms with E-state index in [1.165, 1.54) is 0 Å². The van der Waals surface area contributed by atoms with E-state index in [-0.39, 0.29) is 23.2 Å². The first-order chi connectivity index (χ1) is 24.9. The fourth-order valence-corrected chi connectivity index (χ4v) is 6.73. The normalized spacial score (nSPS) is 13.8. The van der Waals surface area contributed by atoms with Crippen molar-refractivity contribution in [2.24, 2.45) is 0 Å². The second kappa shape index (κ2) is 9.58. The molecular formula is C41H24N4O. The van der Waals surface area contributed by atoms with E-state index in [1.807, 2.05) is 71.6 Å². The summed E-state index contributed by atoms with van der Waals surface area (Å²) in [4.78, 5) is 17.0. The number of hydrogen-bond acceptors (Lipinski definition) is 5. The second-order valence-corrected chi connectivity index (χ2v) is 11.3. The average Bonchev–Trinajstić information content (AvgIpc) is 3.55. The van der Waals surface area contributed by atoms with Crippen molar-refractivity contribution in [3.8, 4) is 33.9 Å². The van der Waals surface area contributed by atoms with E-state index in [4.69, 9.17) is 26.2 Å². The predicted molar refractivity (Wildman–Crippen MR) is 187 cm³/mol. The quantitative estimate of drug-likeness (QED) is 0.204. The number of furan rings is 1. The van der Waals surface area contributed by atoms with Crippen molar-refractivity contribution in [3.63, 3.8) is 0 Å². The Bertz CT molecular complexity index is 2930. The van der Waals surface area contributed by atoms with Gasteiger partial charge in [-0.05, 0) is 52.1 Å². The van der Waals surface area contributed by atoms with Gasteiger partial charge in [-0.25, -0.2) is 4.98 Å². The molecule has 0 saturated heterocycles. The molecule has 5 heteroatoms. The molecule has 0 saturated carbocycles. The Labute approximate surface area is 271 Å². The van der Waals surface area contributed by atoms with Crippen LogP contribution >= 0.6 is 0 Å². The molecule has 1 aliphatic rings. The Morgan fingerprint density at radius 3 is 2.11 bits per heavy atom. The maximum absolute atomic E-state index is 8.87. The smallest absolute Gasteiger partial charge is 0.238 e. The fourth-order valence-electron chi connectivity index (χ4n) is 6.73. The molecule has 0 spiro atoms. The van der Waals surface area contributed by atoms with Crippen LogP contribution in [0, 0.1) is 0 Å². The predicted octanol–water partition coefficient (Wildman–Crippen LogP) is 10.9. The number of benzene rings is 7. The summed E-state index contributed by atoms with van der Waals surface area (Å²) < 4.78 is 49.1. The summed E-state index contributed by atoms with van der Waals surface area (Å²) in [6.45, 7) is 0.